The molecule has 0 spiro atoms. The van der Waals surface area contributed by atoms with Crippen LogP contribution in [-0.2, 0) is 0 Å². The van der Waals surface area contributed by atoms with Crippen molar-refractivity contribution in [3.05, 3.63) is 17.9 Å². The Kier molecular flexibility index (Phi) is 2.80. The highest BCUT2D eigenvalue weighted by Gasteiger charge is 2.21. The first-order valence-electron chi connectivity index (χ1n) is 2.57. The van der Waals surface area contributed by atoms with E-state index in [1.54, 1.807) is 0 Å². The molecule has 0 aliphatic rings. The number of hydrogen-bond donors (Lipinski definition) is 3. The van der Waals surface area contributed by atoms with Crippen LogP contribution in [0.4, 0.5) is 0 Å². The van der Waals surface area contributed by atoms with E-state index >= 15 is 0 Å². The van der Waals surface area contributed by atoms with Gasteiger partial charge < -0.3 is 20.5 Å². The highest BCUT2D eigenvalue weighted by Crippen LogP contribution is 1.79. The fourth-order valence-electron chi connectivity index (χ4n) is 0.324. The molecule has 0 rings (SSSR count). The molecule has 0 aliphatic carbocycles. The average molecular weight is 133 g/mol. The van der Waals surface area contributed by atoms with Crippen molar-refractivity contribution in [3.8, 4) is 0 Å². The number of hydrogen-bond acceptors (Lipinski definition) is 3. The van der Waals surface area contributed by atoms with Crippen molar-refractivity contribution >= 4 is 0 Å². The number of nitrogens with one attached hydrogen (secondary N) is 1. The van der Waals surface area contributed by atoms with Gasteiger partial charge in [0.2, 0.25) is 0 Å². The summed E-state index contributed by atoms with van der Waals surface area (Å²) < 4.78 is 0. The van der Waals surface area contributed by atoms with Gasteiger partial charge in [0.05, 0.1) is 6.54 Å². The zero-order valence-corrected chi connectivity index (χ0v) is 5.29. The number of aliphatic hydroxyl groups is 2. The quantitative estimate of drug-likeness (QED) is 0.242. The Morgan fingerprint density at radius 3 is 2.33 bits per heavy atom. The molecule has 1 atom stereocenters. The molecule has 0 amide bonds. The van der Waals surface area contributed by atoms with Gasteiger partial charge in [0.1, 0.15) is 0 Å². The fraction of sp³-hybridized carbons (Fsp3) is 0.600. The zero-order chi connectivity index (χ0) is 7.49. The van der Waals surface area contributed by atoms with Crippen LogP contribution in [-0.4, -0.2) is 22.7 Å². The summed E-state index contributed by atoms with van der Waals surface area (Å²) in [5.41, 5.74) is 0. The van der Waals surface area contributed by atoms with E-state index in [1.165, 1.54) is 6.08 Å². The minimum Gasteiger partial charge on any atom is -0.630 e. The minimum absolute atomic E-state index is 0.0104. The topological polar surface area (TPSA) is 68.0 Å². The first-order chi connectivity index (χ1) is 3.98. The van der Waals surface area contributed by atoms with Crippen LogP contribution in [0.25, 0.3) is 0 Å². The molecule has 4 nitrogen and oxygen atoms in total. The molecule has 0 fully saturated rings. The van der Waals surface area contributed by atoms with E-state index < -0.39 is 11.0 Å². The molecule has 54 valence electrons. The maximum atomic E-state index is 10.5. The van der Waals surface area contributed by atoms with Crippen LogP contribution in [0.2, 0.25) is 0 Å². The van der Waals surface area contributed by atoms with E-state index in [-0.39, 0.29) is 6.54 Å². The molecule has 3 N–H and O–H groups in total. The molecule has 0 saturated heterocycles. The van der Waals surface area contributed by atoms with Gasteiger partial charge in [0.15, 0.2) is 0 Å². The molecule has 4 heteroatoms. The normalized spacial score (nSPS) is 15.1. The molecule has 0 aromatic rings. The summed E-state index contributed by atoms with van der Waals surface area (Å²) in [5, 5.41) is 27.0. The van der Waals surface area contributed by atoms with E-state index in [4.69, 9.17) is 10.2 Å². The lowest BCUT2D eigenvalue weighted by Crippen LogP contribution is -3.15. The van der Waals surface area contributed by atoms with Crippen LogP contribution in [0, 0.1) is 5.21 Å². The Labute approximate surface area is 53.6 Å². The maximum Gasteiger partial charge on any atom is 0.309 e. The number of hydroxylamine groups is 2. The van der Waals surface area contributed by atoms with Crippen molar-refractivity contribution in [2.75, 3.05) is 6.54 Å². The predicted molar refractivity (Wildman–Crippen MR) is 32.2 cm³/mol. The van der Waals surface area contributed by atoms with Gasteiger partial charge in [0, 0.05) is 6.92 Å². The van der Waals surface area contributed by atoms with Crippen molar-refractivity contribution in [2.45, 2.75) is 12.8 Å². The summed E-state index contributed by atoms with van der Waals surface area (Å²) in [4.78, 5) is 0. The van der Waals surface area contributed by atoms with Crippen molar-refractivity contribution in [1.82, 2.24) is 0 Å². The Hall–Kier alpha value is -0.420. The van der Waals surface area contributed by atoms with Crippen LogP contribution < -0.4 is 5.06 Å². The molecule has 9 heavy (non-hydrogen) atoms. The standard InChI is InChI=1S/C5H11NO3/c1-3-4-6(9)5(2,7)8/h3,6-8H,1,4H2,2H3. The van der Waals surface area contributed by atoms with Gasteiger partial charge in [0.25, 0.3) is 0 Å². The number of quaternary nitrogens is 1. The highest BCUT2D eigenvalue weighted by molar-refractivity contribution is 4.63. The lowest BCUT2D eigenvalue weighted by atomic mass is 10.5. The monoisotopic (exact) mass is 133 g/mol. The first kappa shape index (κ1) is 8.58. The minimum atomic E-state index is -2.20. The second-order valence-corrected chi connectivity index (χ2v) is 1.94. The van der Waals surface area contributed by atoms with Gasteiger partial charge in [-0.05, 0) is 6.08 Å². The molecule has 0 aromatic carbocycles. The predicted octanol–water partition coefficient (Wildman–Crippen LogP) is -1.79. The van der Waals surface area contributed by atoms with Crippen LogP contribution in [0.1, 0.15) is 6.92 Å². The van der Waals surface area contributed by atoms with Crippen molar-refractivity contribution in [3.63, 3.8) is 0 Å². The Balaban J connectivity index is 3.72. The molecular weight excluding hydrogens is 122 g/mol. The zero-order valence-electron chi connectivity index (χ0n) is 5.29. The third kappa shape index (κ3) is 3.21. The highest BCUT2D eigenvalue weighted by atomic mass is 16.6. The van der Waals surface area contributed by atoms with Crippen LogP contribution in [0.5, 0.6) is 0 Å². The van der Waals surface area contributed by atoms with Gasteiger partial charge in [-0.2, -0.15) is 0 Å². The molecule has 0 saturated carbocycles. The van der Waals surface area contributed by atoms with E-state index in [0.717, 1.165) is 6.92 Å². The van der Waals surface area contributed by atoms with E-state index in [9.17, 15) is 5.21 Å². The van der Waals surface area contributed by atoms with Gasteiger partial charge in [-0.1, -0.05) is 6.58 Å². The second kappa shape index (κ2) is 2.93. The molecule has 0 aromatic heterocycles. The summed E-state index contributed by atoms with van der Waals surface area (Å²) in [5.74, 6) is -2.20. The molecule has 1 unspecified atom stereocenters. The van der Waals surface area contributed by atoms with Crippen molar-refractivity contribution < 1.29 is 15.3 Å². The summed E-state index contributed by atoms with van der Waals surface area (Å²) >= 11 is 0. The Morgan fingerprint density at radius 1 is 1.78 bits per heavy atom. The summed E-state index contributed by atoms with van der Waals surface area (Å²) in [6.45, 7) is 4.29. The van der Waals surface area contributed by atoms with Gasteiger partial charge >= 0.3 is 5.91 Å². The Bertz CT molecular complexity index is 96.9. The molecule has 0 aliphatic heterocycles. The third-order valence-corrected chi connectivity index (χ3v) is 0.858. The smallest absolute Gasteiger partial charge is 0.309 e. The van der Waals surface area contributed by atoms with Crippen molar-refractivity contribution in [1.29, 1.82) is 0 Å². The lowest BCUT2D eigenvalue weighted by molar-refractivity contribution is -0.957. The molecule has 0 heterocycles. The van der Waals surface area contributed by atoms with Crippen LogP contribution in [0.15, 0.2) is 12.7 Å². The number of rotatable bonds is 3. The summed E-state index contributed by atoms with van der Waals surface area (Å²) in [6.07, 6.45) is 1.33. The van der Waals surface area contributed by atoms with Crippen molar-refractivity contribution in [2.24, 2.45) is 0 Å². The second-order valence-electron chi connectivity index (χ2n) is 1.94. The largest absolute Gasteiger partial charge is 0.630 e. The first-order valence-corrected chi connectivity index (χ1v) is 2.57. The SMILES string of the molecule is C=CC[NH+]([O-])C(C)(O)O. The van der Waals surface area contributed by atoms with Crippen LogP contribution >= 0.6 is 0 Å². The molecule has 0 bridgehead atoms. The van der Waals surface area contributed by atoms with E-state index in [0.29, 0.717) is 0 Å². The van der Waals surface area contributed by atoms with Crippen LogP contribution in [0.3, 0.4) is 0 Å². The summed E-state index contributed by atoms with van der Waals surface area (Å²) in [7, 11) is 0. The fourth-order valence-corrected chi connectivity index (χ4v) is 0.324. The maximum absolute atomic E-state index is 10.5. The molecular formula is C5H11NO3. The van der Waals surface area contributed by atoms with Gasteiger partial charge in [-0.3, -0.25) is 0 Å². The van der Waals surface area contributed by atoms with Gasteiger partial charge in [-0.15, -0.1) is 0 Å². The molecule has 0 radical (unpaired) electrons. The summed E-state index contributed by atoms with van der Waals surface area (Å²) in [6, 6.07) is 0. The van der Waals surface area contributed by atoms with E-state index in [2.05, 4.69) is 6.58 Å². The van der Waals surface area contributed by atoms with E-state index in [1.807, 2.05) is 0 Å². The third-order valence-electron chi connectivity index (χ3n) is 0.858. The lowest BCUT2D eigenvalue weighted by Gasteiger charge is -2.30. The average Bonchev–Trinajstić information content (AvgIpc) is 1.64. The van der Waals surface area contributed by atoms with Gasteiger partial charge in [-0.25, -0.2) is 0 Å². The Morgan fingerprint density at radius 2 is 2.22 bits per heavy atom.